The fourth-order valence-electron chi connectivity index (χ4n) is 3.20. The molecule has 1 saturated heterocycles. The Bertz CT molecular complexity index is 846. The number of hydrogen-bond acceptors (Lipinski definition) is 5. The number of nitrogens with zero attached hydrogens (tertiary/aromatic N) is 3. The van der Waals surface area contributed by atoms with Crippen LogP contribution in [0, 0.1) is 16.7 Å². The van der Waals surface area contributed by atoms with Crippen LogP contribution in [-0.4, -0.2) is 30.6 Å². The zero-order chi connectivity index (χ0) is 17.3. The van der Waals surface area contributed by atoms with Gasteiger partial charge in [0.1, 0.15) is 6.07 Å². The predicted octanol–water partition coefficient (Wildman–Crippen LogP) is 3.54. The van der Waals surface area contributed by atoms with Crippen LogP contribution in [-0.2, 0) is 9.53 Å². The van der Waals surface area contributed by atoms with Gasteiger partial charge in [0.2, 0.25) is 0 Å². The molecule has 1 aromatic heterocycles. The topological polar surface area (TPSA) is 66.2 Å². The number of rotatable bonds is 3. The number of halogens is 1. The lowest BCUT2D eigenvalue weighted by atomic mass is 9.90. The maximum atomic E-state index is 12.3. The molecule has 0 spiro atoms. The second-order valence-corrected chi connectivity index (χ2v) is 6.68. The first-order valence-electron chi connectivity index (χ1n) is 7.89. The standard InChI is InChI=1S/C18H18ClN3O2/c1-3-24-17(23)18(2)6-7-22(11-18)16-12(9-20)10-21-15-5-4-13(19)8-14(15)16/h4-5,8,10H,3,6-7,11H2,1-2H3. The minimum atomic E-state index is -0.573. The van der Waals surface area contributed by atoms with Gasteiger partial charge in [0.25, 0.3) is 0 Å². The molecule has 0 N–H and O–H groups in total. The smallest absolute Gasteiger partial charge is 0.313 e. The third-order valence-electron chi connectivity index (χ3n) is 4.48. The minimum absolute atomic E-state index is 0.192. The summed E-state index contributed by atoms with van der Waals surface area (Å²) in [5.41, 5.74) is 1.48. The Morgan fingerprint density at radius 2 is 2.33 bits per heavy atom. The van der Waals surface area contributed by atoms with E-state index < -0.39 is 5.41 Å². The molecule has 6 heteroatoms. The number of benzene rings is 1. The van der Waals surface area contributed by atoms with Crippen molar-refractivity contribution >= 4 is 34.2 Å². The van der Waals surface area contributed by atoms with Crippen LogP contribution in [0.1, 0.15) is 25.8 Å². The quantitative estimate of drug-likeness (QED) is 0.797. The number of carbonyl (C=O) groups excluding carboxylic acids is 1. The molecule has 0 radical (unpaired) electrons. The summed E-state index contributed by atoms with van der Waals surface area (Å²) in [6.45, 7) is 5.26. The molecule has 1 unspecified atom stereocenters. The second-order valence-electron chi connectivity index (χ2n) is 6.25. The van der Waals surface area contributed by atoms with Crippen LogP contribution >= 0.6 is 11.6 Å². The summed E-state index contributed by atoms with van der Waals surface area (Å²) in [5, 5.41) is 10.9. The van der Waals surface area contributed by atoms with Gasteiger partial charge < -0.3 is 9.64 Å². The van der Waals surface area contributed by atoms with Crippen molar-refractivity contribution in [2.45, 2.75) is 20.3 Å². The molecule has 1 fully saturated rings. The molecule has 2 heterocycles. The van der Waals surface area contributed by atoms with Gasteiger partial charge in [0.05, 0.1) is 28.8 Å². The van der Waals surface area contributed by atoms with Crippen LogP contribution in [0.25, 0.3) is 10.9 Å². The Balaban J connectivity index is 2.05. The summed E-state index contributed by atoms with van der Waals surface area (Å²) in [7, 11) is 0. The second kappa shape index (κ2) is 6.29. The SMILES string of the molecule is CCOC(=O)C1(C)CCN(c2c(C#N)cnc3ccc(Cl)cc23)C1. The van der Waals surface area contributed by atoms with Crippen LogP contribution < -0.4 is 4.90 Å². The van der Waals surface area contributed by atoms with E-state index in [1.807, 2.05) is 19.1 Å². The van der Waals surface area contributed by atoms with E-state index in [0.29, 0.717) is 36.7 Å². The molecule has 0 aliphatic carbocycles. The average Bonchev–Trinajstić information content (AvgIpc) is 2.97. The van der Waals surface area contributed by atoms with Crippen LogP contribution in [0.4, 0.5) is 5.69 Å². The minimum Gasteiger partial charge on any atom is -0.466 e. The van der Waals surface area contributed by atoms with Crippen LogP contribution in [0.2, 0.25) is 5.02 Å². The summed E-state index contributed by atoms with van der Waals surface area (Å²) in [4.78, 5) is 18.7. The Labute approximate surface area is 145 Å². The van der Waals surface area contributed by atoms with Gasteiger partial charge in [-0.05, 0) is 38.5 Å². The van der Waals surface area contributed by atoms with Gasteiger partial charge in [0, 0.05) is 29.7 Å². The van der Waals surface area contributed by atoms with Gasteiger partial charge in [-0.3, -0.25) is 9.78 Å². The average molecular weight is 344 g/mol. The molecular formula is C18H18ClN3O2. The fraction of sp³-hybridized carbons (Fsp3) is 0.389. The number of ether oxygens (including phenoxy) is 1. The highest BCUT2D eigenvalue weighted by molar-refractivity contribution is 6.31. The van der Waals surface area contributed by atoms with E-state index in [2.05, 4.69) is 16.0 Å². The summed E-state index contributed by atoms with van der Waals surface area (Å²) in [6.07, 6.45) is 2.26. The third-order valence-corrected chi connectivity index (χ3v) is 4.71. The molecule has 5 nitrogen and oxygen atoms in total. The summed E-state index contributed by atoms with van der Waals surface area (Å²) >= 11 is 6.14. The molecule has 0 bridgehead atoms. The van der Waals surface area contributed by atoms with E-state index >= 15 is 0 Å². The van der Waals surface area contributed by atoms with Gasteiger partial charge in [-0.15, -0.1) is 0 Å². The fourth-order valence-corrected chi connectivity index (χ4v) is 3.37. The maximum absolute atomic E-state index is 12.3. The van der Waals surface area contributed by atoms with Gasteiger partial charge in [-0.25, -0.2) is 0 Å². The summed E-state index contributed by atoms with van der Waals surface area (Å²) in [6, 6.07) is 7.64. The number of fused-ring (bicyclic) bond motifs is 1. The van der Waals surface area contributed by atoms with Crippen LogP contribution in [0.15, 0.2) is 24.4 Å². The zero-order valence-corrected chi connectivity index (χ0v) is 14.4. The number of carbonyl (C=O) groups is 1. The first-order chi connectivity index (χ1) is 11.5. The first kappa shape index (κ1) is 16.5. The highest BCUT2D eigenvalue weighted by Crippen LogP contribution is 2.39. The molecule has 1 aliphatic rings. The zero-order valence-electron chi connectivity index (χ0n) is 13.7. The lowest BCUT2D eigenvalue weighted by molar-refractivity contribution is -0.153. The van der Waals surface area contributed by atoms with Crippen molar-refractivity contribution < 1.29 is 9.53 Å². The molecule has 124 valence electrons. The van der Waals surface area contributed by atoms with Gasteiger partial charge in [0.15, 0.2) is 0 Å². The summed E-state index contributed by atoms with van der Waals surface area (Å²) in [5.74, 6) is -0.192. The third kappa shape index (κ3) is 2.78. The van der Waals surface area contributed by atoms with Crippen LogP contribution in [0.5, 0.6) is 0 Å². The number of esters is 1. The van der Waals surface area contributed by atoms with Crippen molar-refractivity contribution in [1.82, 2.24) is 4.98 Å². The molecular weight excluding hydrogens is 326 g/mol. The molecule has 0 saturated carbocycles. The van der Waals surface area contributed by atoms with Crippen molar-refractivity contribution in [2.75, 3.05) is 24.6 Å². The van der Waals surface area contributed by atoms with E-state index in [9.17, 15) is 10.1 Å². The molecule has 2 aromatic rings. The maximum Gasteiger partial charge on any atom is 0.313 e. The molecule has 1 aromatic carbocycles. The summed E-state index contributed by atoms with van der Waals surface area (Å²) < 4.78 is 5.21. The van der Waals surface area contributed by atoms with E-state index in [0.717, 1.165) is 16.6 Å². The van der Waals surface area contributed by atoms with Gasteiger partial charge >= 0.3 is 5.97 Å². The molecule has 1 aliphatic heterocycles. The molecule has 1 atom stereocenters. The van der Waals surface area contributed by atoms with Gasteiger partial charge in [-0.1, -0.05) is 11.6 Å². The molecule has 0 amide bonds. The van der Waals surface area contributed by atoms with E-state index in [4.69, 9.17) is 16.3 Å². The predicted molar refractivity (Wildman–Crippen MR) is 93.0 cm³/mol. The Morgan fingerprint density at radius 1 is 1.54 bits per heavy atom. The van der Waals surface area contributed by atoms with E-state index in [-0.39, 0.29) is 5.97 Å². The Hall–Kier alpha value is -2.32. The number of nitriles is 1. The Kier molecular flexibility index (Phi) is 4.33. The van der Waals surface area contributed by atoms with Crippen molar-refractivity contribution in [1.29, 1.82) is 5.26 Å². The molecule has 24 heavy (non-hydrogen) atoms. The largest absolute Gasteiger partial charge is 0.466 e. The lowest BCUT2D eigenvalue weighted by Gasteiger charge is -2.25. The molecule has 3 rings (SSSR count). The normalized spacial score (nSPS) is 20.2. The van der Waals surface area contributed by atoms with Crippen molar-refractivity contribution in [3.8, 4) is 6.07 Å². The van der Waals surface area contributed by atoms with Crippen molar-refractivity contribution in [3.63, 3.8) is 0 Å². The highest BCUT2D eigenvalue weighted by atomic mass is 35.5. The highest BCUT2D eigenvalue weighted by Gasteiger charge is 2.42. The Morgan fingerprint density at radius 3 is 3.04 bits per heavy atom. The monoisotopic (exact) mass is 343 g/mol. The number of pyridine rings is 1. The van der Waals surface area contributed by atoms with E-state index in [1.165, 1.54) is 0 Å². The first-order valence-corrected chi connectivity index (χ1v) is 8.27. The number of hydrogen-bond donors (Lipinski definition) is 0. The number of aromatic nitrogens is 1. The number of anilines is 1. The lowest BCUT2D eigenvalue weighted by Crippen LogP contribution is -2.33. The van der Waals surface area contributed by atoms with Crippen LogP contribution in [0.3, 0.4) is 0 Å². The van der Waals surface area contributed by atoms with Gasteiger partial charge in [-0.2, -0.15) is 5.26 Å². The van der Waals surface area contributed by atoms with Crippen molar-refractivity contribution in [3.05, 3.63) is 35.0 Å². The van der Waals surface area contributed by atoms with Crippen molar-refractivity contribution in [2.24, 2.45) is 5.41 Å². The van der Waals surface area contributed by atoms with E-state index in [1.54, 1.807) is 19.2 Å².